The van der Waals surface area contributed by atoms with Crippen molar-refractivity contribution in [3.05, 3.63) is 44.9 Å². The number of hydrogen-bond acceptors (Lipinski definition) is 9. The minimum Gasteiger partial charge on any atom is -0.345 e. The van der Waals surface area contributed by atoms with Crippen LogP contribution in [-0.2, 0) is 38.5 Å². The highest BCUT2D eigenvalue weighted by molar-refractivity contribution is 7.89. The van der Waals surface area contributed by atoms with Crippen molar-refractivity contribution in [2.45, 2.75) is 49.8 Å². The van der Waals surface area contributed by atoms with Crippen LogP contribution in [-0.4, -0.2) is 75.3 Å². The van der Waals surface area contributed by atoms with Gasteiger partial charge < -0.3 is 15.2 Å². The van der Waals surface area contributed by atoms with Crippen molar-refractivity contribution < 1.29 is 21.7 Å². The highest BCUT2D eigenvalue weighted by Crippen LogP contribution is 2.29. The van der Waals surface area contributed by atoms with Crippen LogP contribution in [0.25, 0.3) is 10.9 Å². The molecule has 3 aromatic rings. The number of aromatic nitrogens is 2. The van der Waals surface area contributed by atoms with Crippen LogP contribution in [0.5, 0.6) is 0 Å². The Morgan fingerprint density at radius 2 is 2.15 bits per heavy atom. The molecule has 3 aliphatic heterocycles. The summed E-state index contributed by atoms with van der Waals surface area (Å²) in [7, 11) is -3.88. The molecule has 0 bridgehead atoms. The number of H-pyrrole nitrogens is 1. The summed E-state index contributed by atoms with van der Waals surface area (Å²) in [5, 5.41) is 5.07. The first-order valence-electron chi connectivity index (χ1n) is 12.4. The number of hydroxylamine groups is 1. The molecule has 2 aromatic heterocycles. The molecule has 3 N–H and O–H groups in total. The van der Waals surface area contributed by atoms with E-state index in [1.165, 1.54) is 15.6 Å². The average molecular weight is 612 g/mol. The topological polar surface area (TPSA) is 149 Å². The zero-order valence-corrected chi connectivity index (χ0v) is 24.1. The van der Waals surface area contributed by atoms with E-state index in [-0.39, 0.29) is 36.6 Å². The Bertz CT molecular complexity index is 1600. The smallest absolute Gasteiger partial charge is 0.309 e. The monoisotopic (exact) mass is 611 g/mol. The standard InChI is InChI=1S/C23H26ClN7O5S3/c1-13-8-18-19(11-25-13)37-22(27-18)23(32)31-7-6-30(12-16(31)3-5-20-28-36-38(33)29-20)39(34,35)21-10-14-9-15(24)2-4-17(14)26-21/h2,4,9-10,13,16,25-26H,3,5-8,11-12H2,1H3,(H,28,29). The number of amidine groups is 1. The predicted octanol–water partition coefficient (Wildman–Crippen LogP) is 2.12. The van der Waals surface area contributed by atoms with Crippen molar-refractivity contribution in [2.24, 2.45) is 4.40 Å². The minimum absolute atomic E-state index is 0.0677. The number of benzene rings is 1. The molecular weight excluding hydrogens is 586 g/mol. The fourth-order valence-electron chi connectivity index (χ4n) is 5.05. The van der Waals surface area contributed by atoms with Gasteiger partial charge in [-0.1, -0.05) is 11.6 Å². The van der Waals surface area contributed by atoms with E-state index >= 15 is 0 Å². The number of carbonyl (C=O) groups is 1. The largest absolute Gasteiger partial charge is 0.345 e. The van der Waals surface area contributed by atoms with Crippen LogP contribution < -0.4 is 10.8 Å². The van der Waals surface area contributed by atoms with Crippen molar-refractivity contribution in [1.29, 1.82) is 0 Å². The summed E-state index contributed by atoms with van der Waals surface area (Å²) in [4.78, 5) is 24.1. The molecule has 1 amide bonds. The molecule has 3 aliphatic rings. The highest BCUT2D eigenvalue weighted by Gasteiger charge is 2.38. The number of amides is 1. The van der Waals surface area contributed by atoms with Gasteiger partial charge in [0.15, 0.2) is 5.01 Å². The Hall–Kier alpha value is -2.40. The summed E-state index contributed by atoms with van der Waals surface area (Å²) in [6, 6.07) is 6.54. The molecule has 1 saturated heterocycles. The van der Waals surface area contributed by atoms with E-state index < -0.39 is 27.3 Å². The molecule has 12 nitrogen and oxygen atoms in total. The lowest BCUT2D eigenvalue weighted by molar-refractivity contribution is 0.0552. The summed E-state index contributed by atoms with van der Waals surface area (Å²) in [5.74, 6) is 0.170. The molecule has 208 valence electrons. The summed E-state index contributed by atoms with van der Waals surface area (Å²) < 4.78 is 48.8. The third kappa shape index (κ3) is 5.36. The molecule has 3 atom stereocenters. The van der Waals surface area contributed by atoms with Gasteiger partial charge in [0, 0.05) is 71.9 Å². The molecule has 0 spiro atoms. The maximum absolute atomic E-state index is 13.7. The van der Waals surface area contributed by atoms with Gasteiger partial charge in [-0.25, -0.2) is 23.1 Å². The molecule has 0 radical (unpaired) electrons. The van der Waals surface area contributed by atoms with Crippen LogP contribution in [0.4, 0.5) is 0 Å². The predicted molar refractivity (Wildman–Crippen MR) is 148 cm³/mol. The molecule has 0 aliphatic carbocycles. The number of fused-ring (bicyclic) bond motifs is 2. The van der Waals surface area contributed by atoms with E-state index in [4.69, 9.17) is 15.9 Å². The van der Waals surface area contributed by atoms with Gasteiger partial charge in [-0.05, 0) is 37.6 Å². The Balaban J connectivity index is 1.25. The van der Waals surface area contributed by atoms with Gasteiger partial charge in [0.05, 0.1) is 5.69 Å². The van der Waals surface area contributed by atoms with E-state index in [0.29, 0.717) is 46.2 Å². The number of rotatable bonds is 6. The van der Waals surface area contributed by atoms with Crippen molar-refractivity contribution in [2.75, 3.05) is 19.6 Å². The first-order valence-corrected chi connectivity index (χ1v) is 16.1. The number of nitrogens with zero attached hydrogens (tertiary/aromatic N) is 4. The molecular formula is C23H26ClN7O5S3. The number of halogens is 1. The lowest BCUT2D eigenvalue weighted by atomic mass is 10.1. The van der Waals surface area contributed by atoms with E-state index in [1.54, 1.807) is 29.2 Å². The number of nitrogens with one attached hydrogen (secondary N) is 3. The fourth-order valence-corrected chi connectivity index (χ4v) is 8.22. The van der Waals surface area contributed by atoms with Gasteiger partial charge >= 0.3 is 11.3 Å². The zero-order valence-electron chi connectivity index (χ0n) is 20.8. The first-order chi connectivity index (χ1) is 18.7. The Morgan fingerprint density at radius 3 is 2.95 bits per heavy atom. The quantitative estimate of drug-likeness (QED) is 0.384. The number of piperazine rings is 1. The van der Waals surface area contributed by atoms with Crippen molar-refractivity contribution in [1.82, 2.24) is 30.0 Å². The highest BCUT2D eigenvalue weighted by atomic mass is 35.5. The van der Waals surface area contributed by atoms with Crippen LogP contribution in [0, 0.1) is 0 Å². The third-order valence-corrected chi connectivity index (χ3v) is 10.8. The first kappa shape index (κ1) is 26.8. The average Bonchev–Trinajstić information content (AvgIpc) is 3.64. The van der Waals surface area contributed by atoms with Crippen LogP contribution in [0.1, 0.15) is 40.1 Å². The molecule has 1 fully saturated rings. The van der Waals surface area contributed by atoms with Crippen LogP contribution in [0.15, 0.2) is 33.7 Å². The van der Waals surface area contributed by atoms with Gasteiger partial charge in [-0.3, -0.25) is 4.79 Å². The van der Waals surface area contributed by atoms with Crippen molar-refractivity contribution >= 4 is 66.9 Å². The van der Waals surface area contributed by atoms with E-state index in [9.17, 15) is 17.4 Å². The lowest BCUT2D eigenvalue weighted by Crippen LogP contribution is -2.56. The summed E-state index contributed by atoms with van der Waals surface area (Å²) in [5.41, 5.74) is 4.13. The SMILES string of the molecule is CC1Cc2nc(C(=O)N3CCN(S(=O)(=O)c4cc5cc(Cl)ccc5[nH]4)CC3CCC3=NS(=O)ON3)sc2CN1. The lowest BCUT2D eigenvalue weighted by Gasteiger charge is -2.40. The molecule has 5 heterocycles. The Morgan fingerprint density at radius 1 is 1.31 bits per heavy atom. The number of aromatic amines is 1. The summed E-state index contributed by atoms with van der Waals surface area (Å²) >= 11 is 5.67. The summed E-state index contributed by atoms with van der Waals surface area (Å²) in [6.45, 7) is 3.19. The van der Waals surface area contributed by atoms with Gasteiger partial charge in [0.1, 0.15) is 10.9 Å². The Kier molecular flexibility index (Phi) is 7.24. The second-order valence-electron chi connectivity index (χ2n) is 9.73. The molecule has 16 heteroatoms. The fraction of sp³-hybridized carbons (Fsp3) is 0.435. The van der Waals surface area contributed by atoms with Crippen molar-refractivity contribution in [3.8, 4) is 0 Å². The van der Waals surface area contributed by atoms with E-state index in [1.807, 2.05) is 0 Å². The second-order valence-corrected chi connectivity index (χ2v) is 13.9. The Labute approximate surface area is 236 Å². The van der Waals surface area contributed by atoms with E-state index in [2.05, 4.69) is 32.1 Å². The maximum atomic E-state index is 13.7. The molecule has 0 saturated carbocycles. The van der Waals surface area contributed by atoms with Crippen molar-refractivity contribution in [3.63, 3.8) is 0 Å². The molecule has 1 aromatic carbocycles. The number of hydrogen-bond donors (Lipinski definition) is 3. The van der Waals surface area contributed by atoms with Crippen LogP contribution >= 0.6 is 22.9 Å². The van der Waals surface area contributed by atoms with Crippen LogP contribution in [0.3, 0.4) is 0 Å². The van der Waals surface area contributed by atoms with Gasteiger partial charge in [-0.2, -0.15) is 8.59 Å². The zero-order chi connectivity index (χ0) is 27.3. The third-order valence-electron chi connectivity index (χ3n) is 7.08. The van der Waals surface area contributed by atoms with E-state index in [0.717, 1.165) is 17.0 Å². The molecule has 3 unspecified atom stereocenters. The summed E-state index contributed by atoms with van der Waals surface area (Å²) in [6.07, 6.45) is 1.47. The van der Waals surface area contributed by atoms with Gasteiger partial charge in [0.25, 0.3) is 15.9 Å². The molecule has 6 rings (SSSR count). The number of sulfonamides is 1. The minimum atomic E-state index is -3.88. The number of thiazole rings is 1. The second kappa shape index (κ2) is 10.5. The molecule has 39 heavy (non-hydrogen) atoms. The number of carbonyl (C=O) groups excluding carboxylic acids is 1. The van der Waals surface area contributed by atoms with Gasteiger partial charge in [0.2, 0.25) is 0 Å². The maximum Gasteiger partial charge on any atom is 0.309 e. The van der Waals surface area contributed by atoms with Gasteiger partial charge in [-0.15, -0.1) is 15.7 Å². The normalized spacial score (nSPS) is 24.0. The van der Waals surface area contributed by atoms with Crippen LogP contribution in [0.2, 0.25) is 5.02 Å².